The van der Waals surface area contributed by atoms with Gasteiger partial charge in [-0.3, -0.25) is 9.59 Å². The molecule has 0 bridgehead atoms. The van der Waals surface area contributed by atoms with Gasteiger partial charge in [0.15, 0.2) is 5.16 Å². The molecule has 1 aromatic carbocycles. The van der Waals surface area contributed by atoms with Gasteiger partial charge in [0, 0.05) is 19.1 Å². The number of thioether (sulfide) groups is 1. The van der Waals surface area contributed by atoms with Crippen LogP contribution in [0.1, 0.15) is 31.7 Å². The molecule has 142 valence electrons. The molecule has 1 N–H and O–H groups in total. The second-order valence-electron chi connectivity index (χ2n) is 7.27. The average Bonchev–Trinajstić information content (AvgIpc) is 3.60. The molecule has 2 saturated carbocycles. The number of nitrogens with zero attached hydrogens (tertiary/aromatic N) is 3. The lowest BCUT2D eigenvalue weighted by Gasteiger charge is -2.17. The molecule has 6 nitrogen and oxygen atoms in total. The summed E-state index contributed by atoms with van der Waals surface area (Å²) in [5, 5.41) is 3.79. The Balaban J connectivity index is 1.38. The zero-order valence-electron chi connectivity index (χ0n) is 15.4. The molecule has 4 rings (SSSR count). The molecule has 0 radical (unpaired) electrons. The van der Waals surface area contributed by atoms with Crippen molar-refractivity contribution in [2.24, 2.45) is 0 Å². The van der Waals surface area contributed by atoms with E-state index in [4.69, 9.17) is 0 Å². The number of amides is 2. The van der Waals surface area contributed by atoms with Crippen molar-refractivity contribution in [3.8, 4) is 11.3 Å². The van der Waals surface area contributed by atoms with E-state index in [-0.39, 0.29) is 24.1 Å². The number of carbonyl (C=O) groups excluding carboxylic acids is 2. The summed E-state index contributed by atoms with van der Waals surface area (Å²) in [5.74, 6) is 0.146. The Bertz CT molecular complexity index is 828. The van der Waals surface area contributed by atoms with Gasteiger partial charge >= 0.3 is 0 Å². The smallest absolute Gasteiger partial charge is 0.239 e. The highest BCUT2D eigenvalue weighted by atomic mass is 32.2. The number of nitrogens with one attached hydrogen (secondary N) is 1. The Labute approximate surface area is 163 Å². The normalized spacial score (nSPS) is 16.2. The molecule has 2 aliphatic carbocycles. The van der Waals surface area contributed by atoms with Crippen LogP contribution in [0.15, 0.2) is 41.7 Å². The summed E-state index contributed by atoms with van der Waals surface area (Å²) in [6.45, 7) is 0.113. The summed E-state index contributed by atoms with van der Waals surface area (Å²) < 4.78 is 2.26. The third-order valence-electron chi connectivity index (χ3n) is 4.82. The Morgan fingerprint density at radius 1 is 1.22 bits per heavy atom. The van der Waals surface area contributed by atoms with Gasteiger partial charge in [-0.05, 0) is 31.2 Å². The highest BCUT2D eigenvalue weighted by Crippen LogP contribution is 2.41. The zero-order valence-corrected chi connectivity index (χ0v) is 16.2. The maximum absolute atomic E-state index is 12.4. The molecular formula is C20H24N4O2S. The van der Waals surface area contributed by atoms with Gasteiger partial charge in [0.2, 0.25) is 11.8 Å². The van der Waals surface area contributed by atoms with Gasteiger partial charge in [-0.2, -0.15) is 0 Å². The molecule has 0 aliphatic heterocycles. The van der Waals surface area contributed by atoms with E-state index in [0.29, 0.717) is 12.1 Å². The maximum Gasteiger partial charge on any atom is 0.239 e. The third-order valence-corrected chi connectivity index (χ3v) is 5.77. The van der Waals surface area contributed by atoms with Crippen LogP contribution >= 0.6 is 11.8 Å². The van der Waals surface area contributed by atoms with Crippen LogP contribution in [0.4, 0.5) is 0 Å². The van der Waals surface area contributed by atoms with Crippen LogP contribution < -0.4 is 5.32 Å². The number of rotatable bonds is 8. The molecule has 7 heteroatoms. The van der Waals surface area contributed by atoms with Crippen LogP contribution in [0, 0.1) is 0 Å². The topological polar surface area (TPSA) is 67.2 Å². The maximum atomic E-state index is 12.4. The van der Waals surface area contributed by atoms with Crippen LogP contribution in [0.2, 0.25) is 0 Å². The summed E-state index contributed by atoms with van der Waals surface area (Å²) in [7, 11) is 1.68. The van der Waals surface area contributed by atoms with Gasteiger partial charge in [-0.15, -0.1) is 0 Å². The predicted octanol–water partition coefficient (Wildman–Crippen LogP) is 2.71. The van der Waals surface area contributed by atoms with Crippen molar-refractivity contribution < 1.29 is 9.59 Å². The quantitative estimate of drug-likeness (QED) is 0.711. The van der Waals surface area contributed by atoms with Crippen LogP contribution in [0.3, 0.4) is 0 Å². The van der Waals surface area contributed by atoms with E-state index >= 15 is 0 Å². The van der Waals surface area contributed by atoms with Gasteiger partial charge in [0.1, 0.15) is 0 Å². The van der Waals surface area contributed by atoms with Gasteiger partial charge < -0.3 is 14.8 Å². The number of benzene rings is 1. The lowest BCUT2D eigenvalue weighted by atomic mass is 10.2. The van der Waals surface area contributed by atoms with E-state index in [0.717, 1.165) is 42.1 Å². The first-order valence-electron chi connectivity index (χ1n) is 9.40. The van der Waals surface area contributed by atoms with E-state index in [1.165, 1.54) is 16.7 Å². The lowest BCUT2D eigenvalue weighted by molar-refractivity contribution is -0.132. The SMILES string of the molecule is CN(CC(=O)NC1CC1)C(=O)CSc1ncc(-c2ccccc2)n1C1CC1. The molecule has 2 amide bonds. The zero-order chi connectivity index (χ0) is 18.8. The number of likely N-dealkylation sites (N-methyl/N-ethyl adjacent to an activating group) is 1. The first-order chi connectivity index (χ1) is 13.1. The van der Waals surface area contributed by atoms with E-state index in [9.17, 15) is 9.59 Å². The van der Waals surface area contributed by atoms with Crippen molar-refractivity contribution in [3.05, 3.63) is 36.5 Å². The van der Waals surface area contributed by atoms with E-state index in [1.807, 2.05) is 24.4 Å². The van der Waals surface area contributed by atoms with E-state index < -0.39 is 0 Å². The van der Waals surface area contributed by atoms with Crippen molar-refractivity contribution in [2.75, 3.05) is 19.3 Å². The fraction of sp³-hybridized carbons (Fsp3) is 0.450. The summed E-state index contributed by atoms with van der Waals surface area (Å²) in [4.78, 5) is 30.3. The van der Waals surface area contributed by atoms with Crippen molar-refractivity contribution in [1.29, 1.82) is 0 Å². The second-order valence-corrected chi connectivity index (χ2v) is 8.22. The standard InChI is InChI=1S/C20H24N4O2S/c1-23(12-18(25)22-15-7-8-15)19(26)13-27-20-21-11-17(24(20)16-9-10-16)14-5-3-2-4-6-14/h2-6,11,15-16H,7-10,12-13H2,1H3,(H,22,25). The number of aromatic nitrogens is 2. The Kier molecular flexibility index (Phi) is 5.20. The van der Waals surface area contributed by atoms with Crippen LogP contribution in [0.5, 0.6) is 0 Å². The minimum absolute atomic E-state index is 0.0578. The van der Waals surface area contributed by atoms with E-state index in [1.54, 1.807) is 7.05 Å². The molecule has 2 aliphatic rings. The number of hydrogen-bond donors (Lipinski definition) is 1. The number of hydrogen-bond acceptors (Lipinski definition) is 4. The van der Waals surface area contributed by atoms with Crippen molar-refractivity contribution in [2.45, 2.75) is 42.9 Å². The summed E-state index contributed by atoms with van der Waals surface area (Å²) >= 11 is 1.45. The Morgan fingerprint density at radius 2 is 1.96 bits per heavy atom. The molecule has 27 heavy (non-hydrogen) atoms. The molecule has 1 aromatic heterocycles. The van der Waals surface area contributed by atoms with Gasteiger partial charge in [-0.1, -0.05) is 42.1 Å². The van der Waals surface area contributed by atoms with Crippen LogP contribution in [-0.4, -0.2) is 51.7 Å². The Morgan fingerprint density at radius 3 is 2.63 bits per heavy atom. The van der Waals surface area contributed by atoms with Gasteiger partial charge in [-0.25, -0.2) is 4.98 Å². The number of imidazole rings is 1. The van der Waals surface area contributed by atoms with Gasteiger partial charge in [0.05, 0.1) is 24.2 Å². The summed E-state index contributed by atoms with van der Waals surface area (Å²) in [6, 6.07) is 11.0. The molecule has 0 unspecified atom stereocenters. The summed E-state index contributed by atoms with van der Waals surface area (Å²) in [6.07, 6.45) is 6.30. The number of carbonyl (C=O) groups is 2. The highest BCUT2D eigenvalue weighted by molar-refractivity contribution is 7.99. The van der Waals surface area contributed by atoms with Crippen molar-refractivity contribution >= 4 is 23.6 Å². The average molecular weight is 385 g/mol. The van der Waals surface area contributed by atoms with Crippen LogP contribution in [-0.2, 0) is 9.59 Å². The highest BCUT2D eigenvalue weighted by Gasteiger charge is 2.29. The molecule has 2 fully saturated rings. The molecule has 1 heterocycles. The monoisotopic (exact) mass is 384 g/mol. The fourth-order valence-corrected chi connectivity index (χ4v) is 3.99. The third kappa shape index (κ3) is 4.53. The lowest BCUT2D eigenvalue weighted by Crippen LogP contribution is -2.39. The first kappa shape index (κ1) is 18.1. The molecular weight excluding hydrogens is 360 g/mol. The largest absolute Gasteiger partial charge is 0.352 e. The van der Waals surface area contributed by atoms with Crippen molar-refractivity contribution in [3.63, 3.8) is 0 Å². The summed E-state index contributed by atoms with van der Waals surface area (Å²) in [5.41, 5.74) is 2.24. The Hall–Kier alpha value is -2.28. The van der Waals surface area contributed by atoms with Crippen molar-refractivity contribution in [1.82, 2.24) is 19.8 Å². The molecule has 0 spiro atoms. The van der Waals surface area contributed by atoms with Gasteiger partial charge in [0.25, 0.3) is 0 Å². The first-order valence-corrected chi connectivity index (χ1v) is 10.4. The molecule has 0 saturated heterocycles. The minimum Gasteiger partial charge on any atom is -0.352 e. The van der Waals surface area contributed by atoms with Crippen LogP contribution in [0.25, 0.3) is 11.3 Å². The minimum atomic E-state index is -0.0794. The molecule has 0 atom stereocenters. The van der Waals surface area contributed by atoms with E-state index in [2.05, 4.69) is 27.0 Å². The predicted molar refractivity (Wildman–Crippen MR) is 105 cm³/mol. The second kappa shape index (κ2) is 7.76. The fourth-order valence-electron chi connectivity index (χ4n) is 3.00. The molecule has 2 aromatic rings.